The van der Waals surface area contributed by atoms with Crippen LogP contribution in [0.15, 0.2) is 0 Å². The van der Waals surface area contributed by atoms with Gasteiger partial charge in [-0.2, -0.15) is 57.5 Å². The van der Waals surface area contributed by atoms with Crippen LogP contribution in [-0.4, -0.2) is 414 Å². The van der Waals surface area contributed by atoms with Gasteiger partial charge in [-0.05, 0) is 80.3 Å². The Balaban J connectivity index is -0.000000183. The lowest BCUT2D eigenvalue weighted by Gasteiger charge is -2.33. The maximum atomic E-state index is 12.5. The number of hydrogen-bond acceptors (Lipinski definition) is 32. The fourth-order valence-electron chi connectivity index (χ4n) is 9.44. The average molecular weight is 1500 g/mol. The number of ketones is 2. The van der Waals surface area contributed by atoms with Gasteiger partial charge in [-0.1, -0.05) is 96.9 Å². The Morgan fingerprint density at radius 3 is 0.865 bits per heavy atom. The molecule has 4 N–H and O–H groups in total. The summed E-state index contributed by atoms with van der Waals surface area (Å²) in [4.78, 5) is 196. The molecule has 0 saturated carbocycles. The normalized spacial score (nSPS) is 15.0. The predicted molar refractivity (Wildman–Crippen MR) is 379 cm³/mol. The van der Waals surface area contributed by atoms with Crippen molar-refractivity contribution in [1.29, 1.82) is 0 Å². The van der Waals surface area contributed by atoms with Crippen LogP contribution < -0.4 is 0 Å². The van der Waals surface area contributed by atoms with Crippen LogP contribution in [0.25, 0.3) is 0 Å². The molecule has 0 atom stereocenters. The second kappa shape index (κ2) is 72.9. The largest absolute Gasteiger partial charge is 0.480 e. The highest BCUT2D eigenvalue weighted by Crippen LogP contribution is 2.17. The zero-order chi connectivity index (χ0) is 82.6. The van der Waals surface area contributed by atoms with Crippen molar-refractivity contribution in [3.63, 3.8) is 0 Å². The number of hydrogen-bond donors (Lipinski definition) is 4. The van der Waals surface area contributed by atoms with E-state index in [1.54, 1.807) is 0 Å². The van der Waals surface area contributed by atoms with Gasteiger partial charge in [0.2, 0.25) is 0 Å². The summed E-state index contributed by atoms with van der Waals surface area (Å²) in [6.07, 6.45) is 1.50. The second-order valence-corrected chi connectivity index (χ2v) is 27.5. The molecular weight excluding hydrogens is 1360 g/mol. The van der Waals surface area contributed by atoms with E-state index in [1.807, 2.05) is 108 Å². The molecule has 2 fully saturated rings. The first-order valence-corrected chi connectivity index (χ1v) is 34.2. The molecule has 2 rings (SSSR count). The Morgan fingerprint density at radius 1 is 0.346 bits per heavy atom. The summed E-state index contributed by atoms with van der Waals surface area (Å²) < 4.78 is 0. The van der Waals surface area contributed by atoms with Gasteiger partial charge in [-0.25, -0.2) is 0 Å². The van der Waals surface area contributed by atoms with Crippen molar-refractivity contribution < 1.29 is 107 Å². The SMILES string of the molecule is CCN(CC(=O)O)CN(CC(=O)C(C)(C)C)CN(C)C.CCN(CC(=O)O)CN(CC(C)C)CN(C)C.CCN1CCN(C)CCN(CC(=O)C(C)(C)C)CCN(CC(=O)O)CC1.CCN1CCN(C)CCN(CC(C)C)CCN(CC(=O)O)CC1.O=C=O.O=C=O.O=C=O.O=C=O.O=C=O.O=C=O. The highest BCUT2D eigenvalue weighted by Gasteiger charge is 2.27. The lowest BCUT2D eigenvalue weighted by Crippen LogP contribution is -2.47. The van der Waals surface area contributed by atoms with Gasteiger partial charge in [-0.3, -0.25) is 72.9 Å². The topological polar surface area (TPSA) is 434 Å². The van der Waals surface area contributed by atoms with Crippen molar-refractivity contribution in [3.05, 3.63) is 0 Å². The molecule has 0 aromatic carbocycles. The quantitative estimate of drug-likeness (QED) is 0.0702. The van der Waals surface area contributed by atoms with Crippen molar-refractivity contribution in [2.45, 2.75) is 96.9 Å². The highest BCUT2D eigenvalue weighted by atomic mass is 16.4. The minimum atomic E-state index is -0.848. The van der Waals surface area contributed by atoms with Crippen molar-refractivity contribution in [1.82, 2.24) is 68.6 Å². The van der Waals surface area contributed by atoms with E-state index in [2.05, 4.69) is 99.7 Å². The molecule has 0 unspecified atom stereocenters. The third-order valence-corrected chi connectivity index (χ3v) is 14.8. The fourth-order valence-corrected chi connectivity index (χ4v) is 9.44. The molecule has 2 heterocycles. The molecule has 2 aliphatic heterocycles. The number of aliphatic carboxylic acids is 4. The number of rotatable bonds is 28. The molecule has 0 aromatic heterocycles. The predicted octanol–water partition coefficient (Wildman–Crippen LogP) is -0.731. The molecular formula is C68H130N14O22. The minimum Gasteiger partial charge on any atom is -0.480 e. The monoisotopic (exact) mass is 1490 g/mol. The summed E-state index contributed by atoms with van der Waals surface area (Å²) in [7, 11) is 12.2. The molecule has 36 nitrogen and oxygen atoms in total. The van der Waals surface area contributed by atoms with Gasteiger partial charge in [-0.15, -0.1) is 0 Å². The van der Waals surface area contributed by atoms with E-state index < -0.39 is 23.9 Å². The van der Waals surface area contributed by atoms with Crippen molar-refractivity contribution >= 4 is 72.4 Å². The van der Waals surface area contributed by atoms with Gasteiger partial charge in [0.05, 0.1) is 65.9 Å². The number of carbonyl (C=O) groups excluding carboxylic acids is 14. The number of Topliss-reactive ketones (excluding diaryl/α,β-unsaturated/α-hetero) is 2. The summed E-state index contributed by atoms with van der Waals surface area (Å²) in [5.41, 5.74) is -0.730. The lowest BCUT2D eigenvalue weighted by atomic mass is 9.90. The number of carboxylic acids is 4. The fraction of sp³-hybridized carbons (Fsp3) is 0.824. The molecule has 0 radical (unpaired) electrons. The number of carbonyl (C=O) groups is 6. The van der Waals surface area contributed by atoms with E-state index >= 15 is 0 Å². The Morgan fingerprint density at radius 2 is 0.606 bits per heavy atom. The Hall–Kier alpha value is -7.06. The summed E-state index contributed by atoms with van der Waals surface area (Å²) in [6.45, 7) is 52.3. The summed E-state index contributed by atoms with van der Waals surface area (Å²) in [5, 5.41) is 36.1. The zero-order valence-electron chi connectivity index (χ0n) is 66.2. The summed E-state index contributed by atoms with van der Waals surface area (Å²) >= 11 is 0. The molecule has 0 aliphatic carbocycles. The maximum absolute atomic E-state index is 12.5. The Bertz CT molecular complexity index is 2330. The Kier molecular flexibility index (Phi) is 79.0. The lowest BCUT2D eigenvalue weighted by molar-refractivity contribution is -0.193. The molecule has 0 bridgehead atoms. The first-order valence-electron chi connectivity index (χ1n) is 34.2. The van der Waals surface area contributed by atoms with Gasteiger partial charge < -0.3 is 44.9 Å². The standard InChI is InChI=1S/C19H38N4O3.C17H36N4O2.C14H29N3O3.C12H27N3O2.6CO2/c1-6-21-9-7-20(5)8-10-22(15-17(24)19(2,3)4)13-14-23(12-11-21)16-18(25)26;1-5-19-8-6-18(4)7-9-20(14-16(2)3)12-13-21(11-10-19)15-17(22)23;1-7-16(9-13(19)20)11-17(10-15(5)6)8-12(18)14(2,3)4;1-6-14(8-12(16)17)10-15(7-11(2)3)9-13(4)5;6*2-1-3/h6-16H2,1-5H3,(H,25,26);16H,5-15H2,1-4H3,(H,22,23);7-11H2,1-6H3,(H,19,20);11H,6-10H2,1-5H3,(H,16,17);;;;;;. The summed E-state index contributed by atoms with van der Waals surface area (Å²) in [5.74, 6) is -1.53. The van der Waals surface area contributed by atoms with Crippen LogP contribution >= 0.6 is 0 Å². The van der Waals surface area contributed by atoms with Gasteiger partial charge >= 0.3 is 60.8 Å². The Labute approximate surface area is 617 Å². The first kappa shape index (κ1) is 113. The van der Waals surface area contributed by atoms with Crippen LogP contribution in [0.5, 0.6) is 0 Å². The van der Waals surface area contributed by atoms with E-state index in [-0.39, 0.29) is 85.5 Å². The van der Waals surface area contributed by atoms with Crippen molar-refractivity contribution in [3.8, 4) is 0 Å². The number of carboxylic acid groups (broad SMARTS) is 4. The molecule has 0 amide bonds. The molecule has 104 heavy (non-hydrogen) atoms. The van der Waals surface area contributed by atoms with E-state index in [4.69, 9.17) is 72.9 Å². The minimum absolute atomic E-state index is 0.00978. The maximum Gasteiger partial charge on any atom is 0.373 e. The molecule has 36 heteroatoms. The third kappa shape index (κ3) is 82.2. The molecule has 0 spiro atoms. The van der Waals surface area contributed by atoms with Crippen molar-refractivity contribution in [2.75, 3.05) is 252 Å². The van der Waals surface area contributed by atoms with Crippen LogP contribution in [0.1, 0.15) is 96.9 Å². The van der Waals surface area contributed by atoms with Crippen LogP contribution in [0, 0.1) is 22.7 Å². The van der Waals surface area contributed by atoms with E-state index in [1.165, 1.54) is 0 Å². The molecule has 2 aliphatic rings. The molecule has 0 aromatic rings. The smallest absolute Gasteiger partial charge is 0.373 e. The number of nitrogens with zero attached hydrogens (tertiary/aromatic N) is 14. The van der Waals surface area contributed by atoms with E-state index in [9.17, 15) is 33.9 Å². The van der Waals surface area contributed by atoms with Gasteiger partial charge in [0.15, 0.2) is 11.6 Å². The zero-order valence-corrected chi connectivity index (χ0v) is 66.2. The van der Waals surface area contributed by atoms with Crippen LogP contribution in [0.2, 0.25) is 0 Å². The highest BCUT2D eigenvalue weighted by molar-refractivity contribution is 5.86. The molecule has 604 valence electrons. The van der Waals surface area contributed by atoms with Crippen molar-refractivity contribution in [2.24, 2.45) is 22.7 Å². The number of likely N-dealkylation sites (N-methyl/N-ethyl adjacent to an activating group) is 6. The first-order chi connectivity index (χ1) is 48.4. The van der Waals surface area contributed by atoms with Gasteiger partial charge in [0.25, 0.3) is 0 Å². The average Bonchev–Trinajstić information content (AvgIpc) is 0.891. The van der Waals surface area contributed by atoms with Gasteiger partial charge in [0.1, 0.15) is 0 Å². The second-order valence-electron chi connectivity index (χ2n) is 27.5. The van der Waals surface area contributed by atoms with Crippen LogP contribution in [-0.2, 0) is 86.3 Å². The van der Waals surface area contributed by atoms with Crippen LogP contribution in [0.3, 0.4) is 0 Å². The van der Waals surface area contributed by atoms with Crippen LogP contribution in [0.4, 0.5) is 0 Å². The van der Waals surface area contributed by atoms with Gasteiger partial charge in [0, 0.05) is 129 Å². The van der Waals surface area contributed by atoms with E-state index in [0.29, 0.717) is 58.0 Å². The third-order valence-electron chi connectivity index (χ3n) is 14.8. The van der Waals surface area contributed by atoms with E-state index in [0.717, 1.165) is 138 Å². The molecule has 2 saturated heterocycles. The summed E-state index contributed by atoms with van der Waals surface area (Å²) in [6, 6.07) is 0.